The number of hydrogen-bond donors (Lipinski definition) is 1. The maximum atomic E-state index is 12.3. The molecule has 1 unspecified atom stereocenters. The predicted molar refractivity (Wildman–Crippen MR) is 269 cm³/mol. The van der Waals surface area contributed by atoms with Crippen LogP contribution in [0.4, 0.5) is 0 Å². The zero-order valence-electron chi connectivity index (χ0n) is 40.4. The van der Waals surface area contributed by atoms with E-state index >= 15 is 0 Å². The second-order valence-electron chi connectivity index (χ2n) is 17.2. The van der Waals surface area contributed by atoms with Crippen molar-refractivity contribution in [2.75, 3.05) is 19.8 Å². The van der Waals surface area contributed by atoms with Crippen molar-refractivity contribution in [3.05, 3.63) is 85.1 Å². The third-order valence-corrected chi connectivity index (χ3v) is 11.2. The van der Waals surface area contributed by atoms with E-state index in [0.717, 1.165) is 57.8 Å². The van der Waals surface area contributed by atoms with E-state index in [4.69, 9.17) is 9.47 Å². The summed E-state index contributed by atoms with van der Waals surface area (Å²) >= 11 is 0. The number of rotatable bonds is 48. The molecular weight excluding hydrogens is 749 g/mol. The van der Waals surface area contributed by atoms with Gasteiger partial charge in [0, 0.05) is 13.0 Å². The van der Waals surface area contributed by atoms with Gasteiger partial charge in [0.2, 0.25) is 0 Å². The lowest BCUT2D eigenvalue weighted by atomic mass is 10.0. The van der Waals surface area contributed by atoms with Gasteiger partial charge in [-0.05, 0) is 89.9 Å². The average molecular weight is 849 g/mol. The Morgan fingerprint density at radius 1 is 0.410 bits per heavy atom. The van der Waals surface area contributed by atoms with Gasteiger partial charge in [-0.1, -0.05) is 234 Å². The number of unbranched alkanes of at least 4 members (excludes halogenated alkanes) is 26. The minimum Gasteiger partial charge on any atom is -0.457 e. The van der Waals surface area contributed by atoms with Crippen LogP contribution in [0.15, 0.2) is 85.1 Å². The van der Waals surface area contributed by atoms with Crippen LogP contribution < -0.4 is 0 Å². The standard InChI is InChI=1S/C57H100O4/c1-3-5-7-9-11-13-15-17-19-21-23-25-27-28-29-31-33-35-37-39-41-43-45-47-49-51-53-60-55-56(54-58)61-57(59)52-50-48-46-44-42-40-38-36-34-32-30-26-24-22-20-18-16-14-12-10-8-6-4-2/h5,7,11,13,16-19,22-25,30,32,56,58H,3-4,6,8-10,12,14-15,20-21,26-29,31,33-55H2,1-2H3/b7-5-,13-11-,18-16-,19-17-,24-22-,25-23-,32-30-. The monoisotopic (exact) mass is 849 g/mol. The average Bonchev–Trinajstić information content (AvgIpc) is 3.27. The summed E-state index contributed by atoms with van der Waals surface area (Å²) < 4.78 is 11.2. The largest absolute Gasteiger partial charge is 0.457 e. The summed E-state index contributed by atoms with van der Waals surface area (Å²) in [7, 11) is 0. The zero-order chi connectivity index (χ0) is 44.0. The summed E-state index contributed by atoms with van der Waals surface area (Å²) in [6.07, 6.45) is 75.3. The Morgan fingerprint density at radius 3 is 1.11 bits per heavy atom. The molecule has 0 aromatic carbocycles. The fraction of sp³-hybridized carbons (Fsp3) is 0.737. The van der Waals surface area contributed by atoms with E-state index in [9.17, 15) is 9.90 Å². The lowest BCUT2D eigenvalue weighted by molar-refractivity contribution is -0.154. The normalized spacial score (nSPS) is 13.0. The van der Waals surface area contributed by atoms with Crippen LogP contribution in [-0.2, 0) is 14.3 Å². The second-order valence-corrected chi connectivity index (χ2v) is 17.2. The molecule has 1 atom stereocenters. The van der Waals surface area contributed by atoms with E-state index in [2.05, 4.69) is 98.9 Å². The van der Waals surface area contributed by atoms with Gasteiger partial charge < -0.3 is 14.6 Å². The summed E-state index contributed by atoms with van der Waals surface area (Å²) in [4.78, 5) is 12.3. The zero-order valence-corrected chi connectivity index (χ0v) is 40.4. The predicted octanol–water partition coefficient (Wildman–Crippen LogP) is 17.9. The van der Waals surface area contributed by atoms with E-state index in [1.165, 1.54) is 167 Å². The first-order valence-electron chi connectivity index (χ1n) is 26.2. The van der Waals surface area contributed by atoms with Crippen LogP contribution in [0, 0.1) is 0 Å². The smallest absolute Gasteiger partial charge is 0.306 e. The van der Waals surface area contributed by atoms with Crippen LogP contribution in [0.2, 0.25) is 0 Å². The molecule has 0 aliphatic carbocycles. The Labute approximate surface area is 380 Å². The van der Waals surface area contributed by atoms with Gasteiger partial charge in [0.25, 0.3) is 0 Å². The molecule has 0 spiro atoms. The number of allylic oxidation sites excluding steroid dienone is 14. The van der Waals surface area contributed by atoms with Gasteiger partial charge in [0.05, 0.1) is 13.2 Å². The minimum absolute atomic E-state index is 0.178. The molecule has 0 heterocycles. The highest BCUT2D eigenvalue weighted by Crippen LogP contribution is 2.15. The molecular formula is C57H100O4. The topological polar surface area (TPSA) is 55.8 Å². The summed E-state index contributed by atoms with van der Waals surface area (Å²) in [6, 6.07) is 0. The first-order valence-corrected chi connectivity index (χ1v) is 26.2. The molecule has 0 saturated heterocycles. The van der Waals surface area contributed by atoms with Gasteiger partial charge in [-0.25, -0.2) is 0 Å². The van der Waals surface area contributed by atoms with Crippen LogP contribution in [-0.4, -0.2) is 37.0 Å². The van der Waals surface area contributed by atoms with Crippen LogP contribution in [0.3, 0.4) is 0 Å². The lowest BCUT2D eigenvalue weighted by Gasteiger charge is -2.16. The molecule has 0 rings (SSSR count). The maximum absolute atomic E-state index is 12.3. The molecule has 0 aliphatic rings. The van der Waals surface area contributed by atoms with Gasteiger partial charge in [0.1, 0.15) is 6.10 Å². The van der Waals surface area contributed by atoms with Crippen molar-refractivity contribution in [3.63, 3.8) is 0 Å². The Bertz CT molecular complexity index is 1080. The van der Waals surface area contributed by atoms with Crippen molar-refractivity contribution < 1.29 is 19.4 Å². The first kappa shape index (κ1) is 58.6. The highest BCUT2D eigenvalue weighted by molar-refractivity contribution is 5.69. The van der Waals surface area contributed by atoms with Crippen molar-refractivity contribution >= 4 is 5.97 Å². The van der Waals surface area contributed by atoms with Crippen molar-refractivity contribution in [2.45, 2.75) is 251 Å². The first-order chi connectivity index (χ1) is 30.2. The van der Waals surface area contributed by atoms with Gasteiger partial charge in [0.15, 0.2) is 0 Å². The summed E-state index contributed by atoms with van der Waals surface area (Å²) in [5.41, 5.74) is 0. The fourth-order valence-electron chi connectivity index (χ4n) is 7.33. The molecule has 0 amide bonds. The third-order valence-electron chi connectivity index (χ3n) is 11.2. The van der Waals surface area contributed by atoms with Gasteiger partial charge in [-0.3, -0.25) is 4.79 Å². The van der Waals surface area contributed by atoms with E-state index < -0.39 is 6.10 Å². The molecule has 0 fully saturated rings. The molecule has 0 aromatic heterocycles. The molecule has 0 aromatic rings. The number of aliphatic hydroxyl groups is 1. The van der Waals surface area contributed by atoms with E-state index in [1.807, 2.05) is 0 Å². The van der Waals surface area contributed by atoms with E-state index in [-0.39, 0.29) is 19.2 Å². The quantitative estimate of drug-likeness (QED) is 0.0376. The summed E-state index contributed by atoms with van der Waals surface area (Å²) in [5.74, 6) is -0.208. The molecule has 0 saturated carbocycles. The summed E-state index contributed by atoms with van der Waals surface area (Å²) in [5, 5.41) is 9.66. The lowest BCUT2D eigenvalue weighted by Crippen LogP contribution is -2.27. The maximum Gasteiger partial charge on any atom is 0.306 e. The Kier molecular flexibility index (Phi) is 51.6. The molecule has 1 N–H and O–H groups in total. The highest BCUT2D eigenvalue weighted by Gasteiger charge is 2.13. The minimum atomic E-state index is -0.545. The van der Waals surface area contributed by atoms with E-state index in [0.29, 0.717) is 13.0 Å². The third kappa shape index (κ3) is 51.8. The molecule has 0 radical (unpaired) electrons. The van der Waals surface area contributed by atoms with Crippen molar-refractivity contribution in [2.24, 2.45) is 0 Å². The molecule has 0 aliphatic heterocycles. The number of carbonyl (C=O) groups excluding carboxylic acids is 1. The van der Waals surface area contributed by atoms with Gasteiger partial charge >= 0.3 is 5.97 Å². The number of ether oxygens (including phenoxy) is 2. The van der Waals surface area contributed by atoms with Crippen LogP contribution in [0.25, 0.3) is 0 Å². The van der Waals surface area contributed by atoms with Crippen LogP contribution in [0.5, 0.6) is 0 Å². The fourth-order valence-corrected chi connectivity index (χ4v) is 7.33. The highest BCUT2D eigenvalue weighted by atomic mass is 16.6. The molecule has 4 heteroatoms. The Hall–Kier alpha value is -2.43. The van der Waals surface area contributed by atoms with Crippen LogP contribution in [0.1, 0.15) is 245 Å². The number of hydrogen-bond acceptors (Lipinski definition) is 4. The van der Waals surface area contributed by atoms with Crippen molar-refractivity contribution in [1.29, 1.82) is 0 Å². The van der Waals surface area contributed by atoms with Gasteiger partial charge in [-0.2, -0.15) is 0 Å². The second kappa shape index (κ2) is 53.7. The van der Waals surface area contributed by atoms with Crippen molar-refractivity contribution in [1.82, 2.24) is 0 Å². The summed E-state index contributed by atoms with van der Waals surface area (Å²) in [6.45, 7) is 5.22. The molecule has 352 valence electrons. The number of esters is 1. The molecule has 4 nitrogen and oxygen atoms in total. The van der Waals surface area contributed by atoms with E-state index in [1.54, 1.807) is 0 Å². The number of carbonyl (C=O) groups is 1. The van der Waals surface area contributed by atoms with Crippen LogP contribution >= 0.6 is 0 Å². The SMILES string of the molecule is CC/C=C\C/C=C\C/C=C\C/C=C\CCCCCCCCCCCCCCCOCC(CO)OC(=O)CCCCCCCCCC/C=C\C/C=C\C/C=C\CCCCCCC. The number of aliphatic hydroxyl groups excluding tert-OH is 1. The Morgan fingerprint density at radius 2 is 0.738 bits per heavy atom. The van der Waals surface area contributed by atoms with Crippen molar-refractivity contribution in [3.8, 4) is 0 Å². The molecule has 61 heavy (non-hydrogen) atoms. The van der Waals surface area contributed by atoms with Gasteiger partial charge in [-0.15, -0.1) is 0 Å². The molecule has 0 bridgehead atoms. The Balaban J connectivity index is 3.44.